The fourth-order valence-electron chi connectivity index (χ4n) is 4.95. The minimum atomic E-state index is -0.616. The molecule has 2 aromatic heterocycles. The van der Waals surface area contributed by atoms with Gasteiger partial charge in [0.05, 0.1) is 17.4 Å². The number of carbonyl (C=O) groups excluding carboxylic acids is 1. The number of hydrogen-bond donors (Lipinski definition) is 2. The summed E-state index contributed by atoms with van der Waals surface area (Å²) < 4.78 is 6.63. The summed E-state index contributed by atoms with van der Waals surface area (Å²) in [6.07, 6.45) is 2.81. The van der Waals surface area contributed by atoms with Crippen molar-refractivity contribution in [1.82, 2.24) is 14.5 Å². The summed E-state index contributed by atoms with van der Waals surface area (Å²) in [5, 5.41) is 7.61. The van der Waals surface area contributed by atoms with E-state index in [4.69, 9.17) is 21.3 Å². The van der Waals surface area contributed by atoms with Gasteiger partial charge in [-0.3, -0.25) is 4.79 Å². The van der Waals surface area contributed by atoms with Crippen LogP contribution >= 0.6 is 11.6 Å². The van der Waals surface area contributed by atoms with Gasteiger partial charge in [-0.15, -0.1) is 0 Å². The molecule has 2 N–H and O–H groups in total. The van der Waals surface area contributed by atoms with Crippen molar-refractivity contribution in [1.29, 1.82) is 0 Å². The smallest absolute Gasteiger partial charge is 0.346 e. The lowest BCUT2D eigenvalue weighted by molar-refractivity contribution is 0.0527. The number of aromatic nitrogens is 3. The summed E-state index contributed by atoms with van der Waals surface area (Å²) in [5.41, 5.74) is 1.52. The minimum Gasteiger partial charge on any atom is -0.460 e. The van der Waals surface area contributed by atoms with E-state index in [-0.39, 0.29) is 12.2 Å². The van der Waals surface area contributed by atoms with Gasteiger partial charge in [0.25, 0.3) is 5.56 Å². The molecule has 0 bridgehead atoms. The van der Waals surface area contributed by atoms with E-state index >= 15 is 0 Å². The second kappa shape index (κ2) is 8.79. The van der Waals surface area contributed by atoms with Crippen LogP contribution in [0, 0.1) is 11.8 Å². The highest BCUT2D eigenvalue weighted by Crippen LogP contribution is 2.32. The SMILES string of the molecule is CC1CC(C)CN(c2ncc(Cl)c(Nc3ccc4c(c3)c3c(c(=O)n4C)C(=O)OCCN3)n2)C1. The van der Waals surface area contributed by atoms with E-state index in [1.54, 1.807) is 13.2 Å². The third kappa shape index (κ3) is 4.04. The molecule has 9 nitrogen and oxygen atoms in total. The van der Waals surface area contributed by atoms with Gasteiger partial charge in [-0.05, 0) is 36.5 Å². The molecule has 2 aliphatic heterocycles. The number of nitrogens with one attached hydrogen (secondary N) is 2. The Morgan fingerprint density at radius 2 is 1.97 bits per heavy atom. The lowest BCUT2D eigenvalue weighted by atomic mass is 9.92. The molecule has 2 atom stereocenters. The summed E-state index contributed by atoms with van der Waals surface area (Å²) in [6, 6.07) is 5.57. The Hall–Kier alpha value is -3.33. The number of rotatable bonds is 3. The number of halogens is 1. The maximum atomic E-state index is 12.8. The fraction of sp³-hybridized carbons (Fsp3) is 0.417. The van der Waals surface area contributed by atoms with E-state index in [0.717, 1.165) is 24.2 Å². The first-order valence-electron chi connectivity index (χ1n) is 11.4. The predicted octanol–water partition coefficient (Wildman–Crippen LogP) is 3.79. The maximum absolute atomic E-state index is 12.8. The summed E-state index contributed by atoms with van der Waals surface area (Å²) >= 11 is 6.44. The third-order valence-corrected chi connectivity index (χ3v) is 6.66. The van der Waals surface area contributed by atoms with Gasteiger partial charge in [-0.1, -0.05) is 25.4 Å². The third-order valence-electron chi connectivity index (χ3n) is 6.38. The molecule has 0 aliphatic carbocycles. The van der Waals surface area contributed by atoms with Crippen LogP contribution in [0.15, 0.2) is 29.2 Å². The second-order valence-electron chi connectivity index (χ2n) is 9.25. The molecule has 0 amide bonds. The van der Waals surface area contributed by atoms with Gasteiger partial charge >= 0.3 is 5.97 Å². The van der Waals surface area contributed by atoms with E-state index in [2.05, 4.69) is 34.4 Å². The highest BCUT2D eigenvalue weighted by molar-refractivity contribution is 6.33. The quantitative estimate of drug-likeness (QED) is 0.544. The summed E-state index contributed by atoms with van der Waals surface area (Å²) in [4.78, 5) is 36.6. The largest absolute Gasteiger partial charge is 0.460 e. The lowest BCUT2D eigenvalue weighted by Gasteiger charge is -2.35. The number of cyclic esters (lactones) is 1. The van der Waals surface area contributed by atoms with Crippen LogP contribution in [-0.4, -0.2) is 46.7 Å². The number of fused-ring (bicyclic) bond motifs is 3. The number of piperidine rings is 1. The highest BCUT2D eigenvalue weighted by Gasteiger charge is 2.26. The Bertz CT molecular complexity index is 1330. The van der Waals surface area contributed by atoms with E-state index in [0.29, 0.717) is 46.4 Å². The van der Waals surface area contributed by atoms with Crippen molar-refractivity contribution in [3.8, 4) is 0 Å². The van der Waals surface area contributed by atoms with Crippen LogP contribution in [0.25, 0.3) is 10.9 Å². The van der Waals surface area contributed by atoms with Crippen LogP contribution in [0.3, 0.4) is 0 Å². The molecule has 34 heavy (non-hydrogen) atoms. The first kappa shape index (κ1) is 22.5. The number of carbonyl (C=O) groups is 1. The second-order valence-corrected chi connectivity index (χ2v) is 9.66. The molecule has 2 aliphatic rings. The number of ether oxygens (including phenoxy) is 1. The summed E-state index contributed by atoms with van der Waals surface area (Å²) in [7, 11) is 1.64. The molecule has 10 heteroatoms. The van der Waals surface area contributed by atoms with Crippen LogP contribution in [0.1, 0.15) is 30.6 Å². The molecule has 0 saturated carbocycles. The molecule has 2 unspecified atom stereocenters. The number of aryl methyl sites for hydroxylation is 1. The molecule has 4 heterocycles. The average Bonchev–Trinajstić information content (AvgIpc) is 3.00. The Labute approximate surface area is 202 Å². The van der Waals surface area contributed by atoms with E-state index in [9.17, 15) is 9.59 Å². The van der Waals surface area contributed by atoms with Crippen molar-refractivity contribution in [3.63, 3.8) is 0 Å². The van der Waals surface area contributed by atoms with Crippen molar-refractivity contribution in [3.05, 3.63) is 45.3 Å². The molecule has 0 radical (unpaired) electrons. The Morgan fingerprint density at radius 3 is 2.74 bits per heavy atom. The number of benzene rings is 1. The van der Waals surface area contributed by atoms with Crippen LogP contribution in [0.2, 0.25) is 5.02 Å². The molecule has 1 aromatic carbocycles. The number of nitrogens with zero attached hydrogens (tertiary/aromatic N) is 4. The Balaban J connectivity index is 1.54. The molecular weight excluding hydrogens is 456 g/mol. The van der Waals surface area contributed by atoms with Gasteiger partial charge in [0.2, 0.25) is 5.95 Å². The summed E-state index contributed by atoms with van der Waals surface area (Å²) in [5.74, 6) is 1.67. The van der Waals surface area contributed by atoms with Crippen molar-refractivity contribution < 1.29 is 9.53 Å². The topological polar surface area (TPSA) is 101 Å². The van der Waals surface area contributed by atoms with Crippen molar-refractivity contribution in [2.24, 2.45) is 18.9 Å². The number of pyridine rings is 1. The Morgan fingerprint density at radius 1 is 1.21 bits per heavy atom. The Kier molecular flexibility index (Phi) is 5.81. The van der Waals surface area contributed by atoms with Gasteiger partial charge in [0.1, 0.15) is 17.2 Å². The van der Waals surface area contributed by atoms with Gasteiger partial charge in [0.15, 0.2) is 5.82 Å². The fourth-order valence-corrected chi connectivity index (χ4v) is 5.09. The van der Waals surface area contributed by atoms with Crippen LogP contribution in [0.4, 0.5) is 23.1 Å². The van der Waals surface area contributed by atoms with Crippen molar-refractivity contribution in [2.75, 3.05) is 41.8 Å². The summed E-state index contributed by atoms with van der Waals surface area (Å²) in [6.45, 7) is 6.92. The predicted molar refractivity (Wildman–Crippen MR) is 133 cm³/mol. The first-order chi connectivity index (χ1) is 16.3. The number of esters is 1. The highest BCUT2D eigenvalue weighted by atomic mass is 35.5. The normalized spacial score (nSPS) is 20.4. The molecule has 1 saturated heterocycles. The number of hydrogen-bond acceptors (Lipinski definition) is 8. The van der Waals surface area contributed by atoms with Gasteiger partial charge in [0, 0.05) is 37.8 Å². The molecule has 3 aromatic rings. The first-order valence-corrected chi connectivity index (χ1v) is 11.8. The van der Waals surface area contributed by atoms with Crippen molar-refractivity contribution in [2.45, 2.75) is 20.3 Å². The van der Waals surface area contributed by atoms with Gasteiger partial charge in [-0.25, -0.2) is 9.78 Å². The zero-order valence-electron chi connectivity index (χ0n) is 19.4. The van der Waals surface area contributed by atoms with Crippen molar-refractivity contribution >= 4 is 51.6 Å². The van der Waals surface area contributed by atoms with Crippen LogP contribution in [0.5, 0.6) is 0 Å². The van der Waals surface area contributed by atoms with Crippen LogP contribution in [-0.2, 0) is 11.8 Å². The monoisotopic (exact) mass is 482 g/mol. The molecule has 5 rings (SSSR count). The van der Waals surface area contributed by atoms with E-state index in [1.807, 2.05) is 18.2 Å². The molecule has 178 valence electrons. The zero-order valence-corrected chi connectivity index (χ0v) is 20.1. The standard InChI is InChI=1S/C24H27ClN6O3/c1-13-8-14(2)12-31(11-13)24-27-10-17(25)21(29-24)28-15-4-5-18-16(9-15)20-19(22(32)30(18)3)23(33)34-7-6-26-20/h4-5,9-10,13-14,26H,6-8,11-12H2,1-3H3,(H,27,28,29). The lowest BCUT2D eigenvalue weighted by Crippen LogP contribution is -2.39. The van der Waals surface area contributed by atoms with E-state index in [1.165, 1.54) is 11.0 Å². The van der Waals surface area contributed by atoms with Gasteiger partial charge in [-0.2, -0.15) is 4.98 Å². The molecule has 1 fully saturated rings. The average molecular weight is 483 g/mol. The maximum Gasteiger partial charge on any atom is 0.346 e. The zero-order chi connectivity index (χ0) is 24.0. The van der Waals surface area contributed by atoms with E-state index < -0.39 is 11.5 Å². The molecule has 0 spiro atoms. The molecular formula is C24H27ClN6O3. The van der Waals surface area contributed by atoms with Crippen LogP contribution < -0.4 is 21.1 Å². The van der Waals surface area contributed by atoms with Gasteiger partial charge < -0.3 is 24.8 Å². The minimum absolute atomic E-state index is 0.0142. The number of anilines is 4.